The molecule has 1 aliphatic rings. The summed E-state index contributed by atoms with van der Waals surface area (Å²) in [5, 5.41) is 8.75. The number of aromatic carboxylic acids is 1. The van der Waals surface area contributed by atoms with Crippen LogP contribution in [0.1, 0.15) is 27.3 Å². The van der Waals surface area contributed by atoms with E-state index in [2.05, 4.69) is 4.98 Å². The highest BCUT2D eigenvalue weighted by atomic mass is 32.2. The lowest BCUT2D eigenvalue weighted by atomic mass is 10.2. The third-order valence-corrected chi connectivity index (χ3v) is 5.06. The summed E-state index contributed by atoms with van der Waals surface area (Å²) >= 11 is 0. The Kier molecular flexibility index (Phi) is 3.76. The molecule has 1 amide bonds. The number of carboxylic acids is 1. The van der Waals surface area contributed by atoms with Gasteiger partial charge < -0.3 is 10.0 Å². The summed E-state index contributed by atoms with van der Waals surface area (Å²) in [6, 6.07) is 2.27. The van der Waals surface area contributed by atoms with Crippen LogP contribution in [0.15, 0.2) is 18.3 Å². The molecule has 0 spiro atoms. The first-order valence-electron chi connectivity index (χ1n) is 5.97. The first kappa shape index (κ1) is 14.4. The number of rotatable bonds is 3. The van der Waals surface area contributed by atoms with Gasteiger partial charge in [0.25, 0.3) is 5.91 Å². The van der Waals surface area contributed by atoms with Crippen molar-refractivity contribution in [3.8, 4) is 0 Å². The van der Waals surface area contributed by atoms with Crippen LogP contribution in [0.4, 0.5) is 0 Å². The lowest BCUT2D eigenvalue weighted by molar-refractivity contribution is 0.0691. The molecular formula is C12H14N2O5S. The van der Waals surface area contributed by atoms with Gasteiger partial charge in [0, 0.05) is 19.3 Å². The minimum atomic E-state index is -3.07. The van der Waals surface area contributed by atoms with Crippen molar-refractivity contribution in [1.29, 1.82) is 0 Å². The minimum absolute atomic E-state index is 0.00681. The average Bonchev–Trinajstić information content (AvgIpc) is 2.77. The molecule has 1 fully saturated rings. The number of hydrogen-bond donors (Lipinski definition) is 1. The van der Waals surface area contributed by atoms with Gasteiger partial charge in [-0.3, -0.25) is 9.78 Å². The maximum Gasteiger partial charge on any atom is 0.337 e. The highest BCUT2D eigenvalue weighted by molar-refractivity contribution is 7.91. The van der Waals surface area contributed by atoms with Crippen LogP contribution in [0.3, 0.4) is 0 Å². The molecule has 2 heterocycles. The van der Waals surface area contributed by atoms with E-state index in [0.717, 1.165) is 6.20 Å². The molecule has 0 radical (unpaired) electrons. The number of carbonyl (C=O) groups is 2. The quantitative estimate of drug-likeness (QED) is 0.844. The summed E-state index contributed by atoms with van der Waals surface area (Å²) in [4.78, 5) is 28.0. The third-order valence-electron chi connectivity index (χ3n) is 3.31. The van der Waals surface area contributed by atoms with Crippen LogP contribution >= 0.6 is 0 Å². The predicted molar refractivity (Wildman–Crippen MR) is 70.3 cm³/mol. The molecule has 1 aromatic heterocycles. The topological polar surface area (TPSA) is 105 Å². The second-order valence-electron chi connectivity index (χ2n) is 4.71. The lowest BCUT2D eigenvalue weighted by Crippen LogP contribution is -2.38. The van der Waals surface area contributed by atoms with Gasteiger partial charge in [0.1, 0.15) is 5.69 Å². The summed E-state index contributed by atoms with van der Waals surface area (Å²) in [5.74, 6) is -1.49. The summed E-state index contributed by atoms with van der Waals surface area (Å²) < 4.78 is 22.8. The van der Waals surface area contributed by atoms with Crippen LogP contribution in [-0.4, -0.2) is 59.9 Å². The highest BCUT2D eigenvalue weighted by Gasteiger charge is 2.33. The second-order valence-corrected chi connectivity index (χ2v) is 6.94. The van der Waals surface area contributed by atoms with Crippen LogP contribution < -0.4 is 0 Å². The predicted octanol–water partition coefficient (Wildman–Crippen LogP) is 0.0389. The fraction of sp³-hybridized carbons (Fsp3) is 0.417. The molecule has 0 saturated carbocycles. The molecule has 1 unspecified atom stereocenters. The first-order chi connectivity index (χ1) is 9.30. The number of carbonyl (C=O) groups excluding carboxylic acids is 1. The normalized spacial score (nSPS) is 20.6. The summed E-state index contributed by atoms with van der Waals surface area (Å²) in [6.07, 6.45) is 1.52. The number of sulfone groups is 1. The Labute approximate surface area is 116 Å². The van der Waals surface area contributed by atoms with Crippen LogP contribution in [-0.2, 0) is 9.84 Å². The molecule has 1 saturated heterocycles. The monoisotopic (exact) mass is 298 g/mol. The fourth-order valence-electron chi connectivity index (χ4n) is 2.07. The largest absolute Gasteiger partial charge is 0.478 e. The van der Waals surface area contributed by atoms with Crippen LogP contribution in [0.2, 0.25) is 0 Å². The molecule has 108 valence electrons. The molecule has 1 aromatic rings. The van der Waals surface area contributed by atoms with Gasteiger partial charge in [-0.05, 0) is 18.6 Å². The molecule has 0 aliphatic carbocycles. The zero-order valence-electron chi connectivity index (χ0n) is 10.8. The van der Waals surface area contributed by atoms with Crippen molar-refractivity contribution in [3.63, 3.8) is 0 Å². The highest BCUT2D eigenvalue weighted by Crippen LogP contribution is 2.18. The lowest BCUT2D eigenvalue weighted by Gasteiger charge is -2.22. The van der Waals surface area contributed by atoms with Crippen molar-refractivity contribution in [2.24, 2.45) is 0 Å². The van der Waals surface area contributed by atoms with Gasteiger partial charge in [0.05, 0.1) is 17.1 Å². The van der Waals surface area contributed by atoms with Gasteiger partial charge in [0.2, 0.25) is 0 Å². The Morgan fingerprint density at radius 2 is 2.10 bits per heavy atom. The molecule has 1 atom stereocenters. The molecule has 7 nitrogen and oxygen atoms in total. The average molecular weight is 298 g/mol. The van der Waals surface area contributed by atoms with Gasteiger partial charge >= 0.3 is 5.97 Å². The summed E-state index contributed by atoms with van der Waals surface area (Å²) in [5.41, 5.74) is 0.0921. The van der Waals surface area contributed by atoms with Crippen molar-refractivity contribution in [3.05, 3.63) is 29.6 Å². The number of hydrogen-bond acceptors (Lipinski definition) is 5. The van der Waals surface area contributed by atoms with Crippen molar-refractivity contribution in [2.45, 2.75) is 12.5 Å². The molecule has 1 N–H and O–H groups in total. The maximum atomic E-state index is 12.1. The van der Waals surface area contributed by atoms with Crippen molar-refractivity contribution >= 4 is 21.7 Å². The van der Waals surface area contributed by atoms with E-state index in [1.165, 1.54) is 24.1 Å². The molecule has 1 aliphatic heterocycles. The van der Waals surface area contributed by atoms with E-state index >= 15 is 0 Å². The Hall–Kier alpha value is -1.96. The number of nitrogens with zero attached hydrogens (tertiary/aromatic N) is 2. The second kappa shape index (κ2) is 5.20. The van der Waals surface area contributed by atoms with E-state index in [4.69, 9.17) is 5.11 Å². The number of amides is 1. The van der Waals surface area contributed by atoms with Gasteiger partial charge in [-0.1, -0.05) is 0 Å². The smallest absolute Gasteiger partial charge is 0.337 e. The maximum absolute atomic E-state index is 12.1. The Morgan fingerprint density at radius 1 is 1.40 bits per heavy atom. The SMILES string of the molecule is CN(C(=O)c1ccc(C(=O)O)cn1)C1CCS(=O)(=O)C1. The standard InChI is InChI=1S/C12H14N2O5S/c1-14(9-4-5-20(18,19)7-9)11(15)10-3-2-8(6-13-10)12(16)17/h2-3,6,9H,4-5,7H2,1H3,(H,16,17). The zero-order valence-corrected chi connectivity index (χ0v) is 11.6. The van der Waals surface area contributed by atoms with Gasteiger partial charge in [-0.25, -0.2) is 13.2 Å². The third kappa shape index (κ3) is 2.96. The van der Waals surface area contributed by atoms with E-state index < -0.39 is 21.7 Å². The molecule has 20 heavy (non-hydrogen) atoms. The van der Waals surface area contributed by atoms with Crippen LogP contribution in [0.5, 0.6) is 0 Å². The van der Waals surface area contributed by atoms with E-state index in [9.17, 15) is 18.0 Å². The Morgan fingerprint density at radius 3 is 2.55 bits per heavy atom. The molecule has 0 aromatic carbocycles. The van der Waals surface area contributed by atoms with E-state index in [1.54, 1.807) is 0 Å². The molecule has 0 bridgehead atoms. The Bertz CT molecular complexity index is 638. The summed E-state index contributed by atoms with van der Waals surface area (Å²) in [6.45, 7) is 0. The van der Waals surface area contributed by atoms with E-state index in [1.807, 2.05) is 0 Å². The van der Waals surface area contributed by atoms with Crippen molar-refractivity contribution < 1.29 is 23.1 Å². The van der Waals surface area contributed by atoms with E-state index in [0.29, 0.717) is 6.42 Å². The van der Waals surface area contributed by atoms with Gasteiger partial charge in [0.15, 0.2) is 9.84 Å². The fourth-order valence-corrected chi connectivity index (χ4v) is 3.85. The summed E-state index contributed by atoms with van der Waals surface area (Å²) in [7, 11) is -1.54. The molecular weight excluding hydrogens is 284 g/mol. The molecule has 8 heteroatoms. The van der Waals surface area contributed by atoms with Crippen molar-refractivity contribution in [2.75, 3.05) is 18.6 Å². The van der Waals surface area contributed by atoms with E-state index in [-0.39, 0.29) is 28.8 Å². The zero-order chi connectivity index (χ0) is 14.9. The number of aromatic nitrogens is 1. The molecule has 2 rings (SSSR count). The number of pyridine rings is 1. The first-order valence-corrected chi connectivity index (χ1v) is 7.79. The Balaban J connectivity index is 2.13. The van der Waals surface area contributed by atoms with Crippen LogP contribution in [0, 0.1) is 0 Å². The minimum Gasteiger partial charge on any atom is -0.478 e. The van der Waals surface area contributed by atoms with Crippen molar-refractivity contribution in [1.82, 2.24) is 9.88 Å². The number of carboxylic acid groups (broad SMARTS) is 1. The van der Waals surface area contributed by atoms with Crippen LogP contribution in [0.25, 0.3) is 0 Å². The van der Waals surface area contributed by atoms with Gasteiger partial charge in [-0.15, -0.1) is 0 Å². The van der Waals surface area contributed by atoms with Gasteiger partial charge in [-0.2, -0.15) is 0 Å².